The number of pyridine rings is 1. The number of rotatable bonds is 8. The number of aromatic amines is 1. The summed E-state index contributed by atoms with van der Waals surface area (Å²) in [7, 11) is 0. The van der Waals surface area contributed by atoms with E-state index >= 15 is 0 Å². The molecule has 0 unspecified atom stereocenters. The van der Waals surface area contributed by atoms with Crippen LogP contribution in [0.15, 0.2) is 53.3 Å². The van der Waals surface area contributed by atoms with E-state index in [-0.39, 0.29) is 35.9 Å². The zero-order valence-corrected chi connectivity index (χ0v) is 16.3. The summed E-state index contributed by atoms with van der Waals surface area (Å²) in [6.45, 7) is 2.32. The zero-order valence-electron chi connectivity index (χ0n) is 16.3. The maximum atomic E-state index is 12.9. The van der Waals surface area contributed by atoms with E-state index in [0.29, 0.717) is 30.5 Å². The Morgan fingerprint density at radius 3 is 2.55 bits per heavy atom. The molecule has 0 aliphatic carbocycles. The Balaban J connectivity index is 1.44. The molecule has 1 amide bonds. The second kappa shape index (κ2) is 9.28. The molecule has 2 N–H and O–H groups in total. The number of amides is 1. The number of Topliss-reactive ketones (excluding diaryl/α,β-unsaturated/α-hetero) is 1. The maximum Gasteiger partial charge on any atom is 0.251 e. The molecule has 29 heavy (non-hydrogen) atoms. The molecule has 0 saturated carbocycles. The number of ketones is 1. The zero-order chi connectivity index (χ0) is 20.8. The van der Waals surface area contributed by atoms with Gasteiger partial charge in [-0.25, -0.2) is 4.39 Å². The summed E-state index contributed by atoms with van der Waals surface area (Å²) in [6, 6.07) is 13.1. The molecule has 6 heteroatoms. The van der Waals surface area contributed by atoms with Crippen LogP contribution in [0.1, 0.15) is 40.7 Å². The van der Waals surface area contributed by atoms with Crippen molar-refractivity contribution in [3.63, 3.8) is 0 Å². The van der Waals surface area contributed by atoms with Gasteiger partial charge in [0.05, 0.1) is 0 Å². The number of aromatic nitrogens is 1. The number of halogens is 1. The molecule has 1 heterocycles. The molecule has 0 spiro atoms. The summed E-state index contributed by atoms with van der Waals surface area (Å²) in [5.74, 6) is -0.665. The molecule has 150 valence electrons. The fourth-order valence-electron chi connectivity index (χ4n) is 3.16. The molecule has 0 fully saturated rings. The molecule has 5 nitrogen and oxygen atoms in total. The van der Waals surface area contributed by atoms with Crippen molar-refractivity contribution in [3.05, 3.63) is 81.4 Å². The van der Waals surface area contributed by atoms with Gasteiger partial charge in [0.15, 0.2) is 5.78 Å². The van der Waals surface area contributed by atoms with E-state index in [9.17, 15) is 18.8 Å². The highest BCUT2D eigenvalue weighted by Gasteiger charge is 2.09. The van der Waals surface area contributed by atoms with Crippen LogP contribution >= 0.6 is 0 Å². The Hall–Kier alpha value is -3.28. The smallest absolute Gasteiger partial charge is 0.251 e. The van der Waals surface area contributed by atoms with Crippen LogP contribution in [0.5, 0.6) is 0 Å². The number of carbonyl (C=O) groups excluding carboxylic acids is 2. The Kier molecular flexibility index (Phi) is 6.54. The van der Waals surface area contributed by atoms with Crippen molar-refractivity contribution in [3.8, 4) is 0 Å². The van der Waals surface area contributed by atoms with Gasteiger partial charge in [0, 0.05) is 36.0 Å². The number of hydrogen-bond donors (Lipinski definition) is 2. The predicted octanol–water partition coefficient (Wildman–Crippen LogP) is 3.69. The fraction of sp³-hybridized carbons (Fsp3) is 0.261. The number of H-pyrrole nitrogens is 1. The third-order valence-corrected chi connectivity index (χ3v) is 4.77. The Morgan fingerprint density at radius 2 is 1.79 bits per heavy atom. The van der Waals surface area contributed by atoms with Gasteiger partial charge in [-0.3, -0.25) is 14.4 Å². The highest BCUT2D eigenvalue weighted by atomic mass is 19.1. The molecule has 1 aromatic heterocycles. The predicted molar refractivity (Wildman–Crippen MR) is 111 cm³/mol. The van der Waals surface area contributed by atoms with Gasteiger partial charge in [-0.05, 0) is 67.1 Å². The topological polar surface area (TPSA) is 79.0 Å². The second-order valence-corrected chi connectivity index (χ2v) is 7.10. The first kappa shape index (κ1) is 20.5. The van der Waals surface area contributed by atoms with Crippen LogP contribution in [0.2, 0.25) is 0 Å². The normalized spacial score (nSPS) is 10.8. The van der Waals surface area contributed by atoms with Gasteiger partial charge in [-0.2, -0.15) is 0 Å². The Morgan fingerprint density at radius 1 is 1.03 bits per heavy atom. The van der Waals surface area contributed by atoms with Crippen molar-refractivity contribution in [1.29, 1.82) is 0 Å². The monoisotopic (exact) mass is 394 g/mol. The third kappa shape index (κ3) is 5.60. The Bertz CT molecular complexity index is 1090. The maximum absolute atomic E-state index is 12.9. The molecule has 3 rings (SSSR count). The van der Waals surface area contributed by atoms with Crippen LogP contribution in [0.3, 0.4) is 0 Å². The largest absolute Gasteiger partial charge is 0.356 e. The van der Waals surface area contributed by atoms with Crippen LogP contribution in [0.25, 0.3) is 10.9 Å². The van der Waals surface area contributed by atoms with Gasteiger partial charge >= 0.3 is 0 Å². The van der Waals surface area contributed by atoms with Crippen LogP contribution in [0.4, 0.5) is 4.39 Å². The minimum atomic E-state index is -0.388. The summed E-state index contributed by atoms with van der Waals surface area (Å²) in [6.07, 6.45) is 1.29. The number of carbonyl (C=O) groups is 2. The number of aryl methyl sites for hydroxylation is 1. The van der Waals surface area contributed by atoms with Gasteiger partial charge < -0.3 is 10.3 Å². The summed E-state index contributed by atoms with van der Waals surface area (Å²) in [5.41, 5.74) is 2.78. The van der Waals surface area contributed by atoms with Crippen molar-refractivity contribution in [1.82, 2.24) is 10.3 Å². The lowest BCUT2D eigenvalue weighted by molar-refractivity contribution is -0.121. The molecule has 0 saturated heterocycles. The molecule has 0 aliphatic rings. The van der Waals surface area contributed by atoms with Crippen LogP contribution < -0.4 is 10.9 Å². The molecule has 3 aromatic rings. The first-order valence-electron chi connectivity index (χ1n) is 9.60. The third-order valence-electron chi connectivity index (χ3n) is 4.77. The summed E-state index contributed by atoms with van der Waals surface area (Å²) in [5, 5.41) is 3.74. The van der Waals surface area contributed by atoms with Crippen LogP contribution in [-0.2, 0) is 11.2 Å². The van der Waals surface area contributed by atoms with Gasteiger partial charge in [0.2, 0.25) is 5.91 Å². The number of benzene rings is 2. The van der Waals surface area contributed by atoms with Crippen molar-refractivity contribution in [2.45, 2.75) is 32.6 Å². The summed E-state index contributed by atoms with van der Waals surface area (Å²) in [4.78, 5) is 39.1. The number of nitrogens with one attached hydrogen (secondary N) is 2. The second-order valence-electron chi connectivity index (χ2n) is 7.10. The quantitative estimate of drug-likeness (QED) is 0.572. The SMILES string of the molecule is Cc1ccc2cc(CCNC(=O)CCCC(=O)c3ccc(F)cc3)c(=O)[nH]c2c1. The van der Waals surface area contributed by atoms with Gasteiger partial charge in [-0.1, -0.05) is 12.1 Å². The first-order chi connectivity index (χ1) is 13.9. The Labute approximate surface area is 168 Å². The van der Waals surface area contributed by atoms with E-state index in [1.807, 2.05) is 31.2 Å². The highest BCUT2D eigenvalue weighted by Crippen LogP contribution is 2.13. The average Bonchev–Trinajstić information content (AvgIpc) is 2.69. The summed E-state index contributed by atoms with van der Waals surface area (Å²) >= 11 is 0. The van der Waals surface area contributed by atoms with E-state index in [2.05, 4.69) is 10.3 Å². The highest BCUT2D eigenvalue weighted by molar-refractivity contribution is 5.96. The van der Waals surface area contributed by atoms with E-state index in [1.165, 1.54) is 24.3 Å². The molecular weight excluding hydrogens is 371 g/mol. The molecule has 0 radical (unpaired) electrons. The van der Waals surface area contributed by atoms with Crippen LogP contribution in [-0.4, -0.2) is 23.2 Å². The van der Waals surface area contributed by atoms with Crippen molar-refractivity contribution in [2.24, 2.45) is 0 Å². The average molecular weight is 394 g/mol. The fourth-order valence-corrected chi connectivity index (χ4v) is 3.16. The lowest BCUT2D eigenvalue weighted by Crippen LogP contribution is -2.27. The summed E-state index contributed by atoms with van der Waals surface area (Å²) < 4.78 is 12.9. The lowest BCUT2D eigenvalue weighted by Gasteiger charge is -2.07. The van der Waals surface area contributed by atoms with Crippen molar-refractivity contribution < 1.29 is 14.0 Å². The van der Waals surface area contributed by atoms with Gasteiger partial charge in [0.25, 0.3) is 5.56 Å². The lowest BCUT2D eigenvalue weighted by atomic mass is 10.1. The first-order valence-corrected chi connectivity index (χ1v) is 9.60. The molecule has 0 bridgehead atoms. The van der Waals surface area contributed by atoms with Crippen molar-refractivity contribution in [2.75, 3.05) is 6.54 Å². The van der Waals surface area contributed by atoms with Gasteiger partial charge in [-0.15, -0.1) is 0 Å². The van der Waals surface area contributed by atoms with Crippen LogP contribution in [0, 0.1) is 12.7 Å². The minimum Gasteiger partial charge on any atom is -0.356 e. The van der Waals surface area contributed by atoms with E-state index in [1.54, 1.807) is 0 Å². The minimum absolute atomic E-state index is 0.115. The van der Waals surface area contributed by atoms with E-state index in [0.717, 1.165) is 16.5 Å². The number of fused-ring (bicyclic) bond motifs is 1. The molecule has 0 atom stereocenters. The van der Waals surface area contributed by atoms with Gasteiger partial charge in [0.1, 0.15) is 5.82 Å². The standard InChI is InChI=1S/C23H23FN2O3/c1-15-5-6-17-14-18(23(29)26-20(17)13-15)11-12-25-22(28)4-2-3-21(27)16-7-9-19(24)10-8-16/h5-10,13-14H,2-4,11-12H2,1H3,(H,25,28)(H,26,29). The molecule has 0 aliphatic heterocycles. The van der Waals surface area contributed by atoms with E-state index < -0.39 is 0 Å². The number of hydrogen-bond acceptors (Lipinski definition) is 3. The molecule has 2 aromatic carbocycles. The van der Waals surface area contributed by atoms with Crippen molar-refractivity contribution >= 4 is 22.6 Å². The molecular formula is C23H23FN2O3. The van der Waals surface area contributed by atoms with E-state index in [4.69, 9.17) is 0 Å².